The van der Waals surface area contributed by atoms with Gasteiger partial charge in [-0.2, -0.15) is 20.7 Å². The fourth-order valence-electron chi connectivity index (χ4n) is 5.26. The van der Waals surface area contributed by atoms with Gasteiger partial charge in [0.25, 0.3) is 0 Å². The molecule has 3 heterocycles. The minimum absolute atomic E-state index is 0.0585. The third-order valence-electron chi connectivity index (χ3n) is 8.33. The first-order valence-corrected chi connectivity index (χ1v) is 14.6. The number of pyridine rings is 1. The SMILES string of the molecule is Cc1c(-c2cc(Sc3ccccc3C#N)c3c(C#N)cnn3c2)cnn1C1CCC(NC(=O)C(C)(C)N(C)C)CC1. The Morgan fingerprint density at radius 2 is 1.76 bits per heavy atom. The molecule has 9 nitrogen and oxygen atoms in total. The molecule has 1 N–H and O–H groups in total. The Labute approximate surface area is 244 Å². The van der Waals surface area contributed by atoms with Crippen LogP contribution < -0.4 is 5.32 Å². The largest absolute Gasteiger partial charge is 0.352 e. The van der Waals surface area contributed by atoms with Crippen molar-refractivity contribution in [1.29, 1.82) is 10.5 Å². The van der Waals surface area contributed by atoms with Crippen LogP contribution in [0.5, 0.6) is 0 Å². The van der Waals surface area contributed by atoms with Crippen molar-refractivity contribution in [2.45, 2.75) is 73.9 Å². The lowest BCUT2D eigenvalue weighted by Gasteiger charge is -2.35. The normalized spacial score (nSPS) is 17.4. The fourth-order valence-corrected chi connectivity index (χ4v) is 6.36. The summed E-state index contributed by atoms with van der Waals surface area (Å²) in [6, 6.07) is 14.4. The first kappa shape index (κ1) is 28.4. The van der Waals surface area contributed by atoms with Crippen LogP contribution in [-0.4, -0.2) is 55.9 Å². The van der Waals surface area contributed by atoms with E-state index in [-0.39, 0.29) is 18.0 Å². The molecule has 5 rings (SSSR count). The fraction of sp³-hybridized carbons (Fsp3) is 0.387. The molecule has 0 aliphatic heterocycles. The molecule has 0 atom stereocenters. The molecular weight excluding hydrogens is 532 g/mol. The van der Waals surface area contributed by atoms with Gasteiger partial charge in [0.15, 0.2) is 0 Å². The van der Waals surface area contributed by atoms with Gasteiger partial charge in [-0.25, -0.2) is 4.52 Å². The number of rotatable bonds is 7. The maximum absolute atomic E-state index is 12.8. The molecule has 10 heteroatoms. The van der Waals surface area contributed by atoms with Crippen molar-refractivity contribution in [2.75, 3.05) is 14.1 Å². The Balaban J connectivity index is 1.40. The van der Waals surface area contributed by atoms with Crippen molar-refractivity contribution in [3.63, 3.8) is 0 Å². The molecule has 210 valence electrons. The van der Waals surface area contributed by atoms with Crippen LogP contribution in [0.1, 0.15) is 62.4 Å². The zero-order valence-corrected chi connectivity index (χ0v) is 24.9. The standard InChI is InChI=1S/C31H34N8OS/c1-20-26(18-35-39(20)25-12-10-24(11-13-25)36-30(40)31(2,3)37(4)5)22-14-28(29-23(16-33)17-34-38(29)19-22)41-27-9-7-6-8-21(27)15-32/h6-9,14,17-19,24-25H,10-13H2,1-5H3,(H,36,40). The number of benzene rings is 1. The zero-order chi connectivity index (χ0) is 29.3. The van der Waals surface area contributed by atoms with Crippen molar-refractivity contribution in [3.05, 3.63) is 65.7 Å². The van der Waals surface area contributed by atoms with Crippen LogP contribution in [0.2, 0.25) is 0 Å². The average Bonchev–Trinajstić information content (AvgIpc) is 3.56. The average molecular weight is 567 g/mol. The lowest BCUT2D eigenvalue weighted by atomic mass is 9.90. The Morgan fingerprint density at radius 1 is 1.05 bits per heavy atom. The Bertz CT molecular complexity index is 1680. The summed E-state index contributed by atoms with van der Waals surface area (Å²) in [5.74, 6) is 0.0585. The summed E-state index contributed by atoms with van der Waals surface area (Å²) in [6.07, 6.45) is 9.09. The molecule has 3 aromatic heterocycles. The van der Waals surface area contributed by atoms with E-state index in [2.05, 4.69) is 40.2 Å². The predicted molar refractivity (Wildman–Crippen MR) is 158 cm³/mol. The molecule has 0 spiro atoms. The van der Waals surface area contributed by atoms with E-state index in [0.29, 0.717) is 11.1 Å². The molecule has 1 saturated carbocycles. The summed E-state index contributed by atoms with van der Waals surface area (Å²) in [6.45, 7) is 5.97. The molecule has 0 saturated heterocycles. The van der Waals surface area contributed by atoms with Gasteiger partial charge in [0.1, 0.15) is 12.1 Å². The van der Waals surface area contributed by atoms with E-state index in [1.54, 1.807) is 16.8 Å². The van der Waals surface area contributed by atoms with Gasteiger partial charge in [-0.1, -0.05) is 23.9 Å². The molecule has 1 aromatic carbocycles. The minimum atomic E-state index is -0.554. The van der Waals surface area contributed by atoms with Crippen molar-refractivity contribution in [1.82, 2.24) is 29.6 Å². The molecule has 0 unspecified atom stereocenters. The molecule has 1 aliphatic carbocycles. The van der Waals surface area contributed by atoms with Crippen molar-refractivity contribution < 1.29 is 4.79 Å². The van der Waals surface area contributed by atoms with E-state index < -0.39 is 5.54 Å². The number of nitrogens with zero attached hydrogens (tertiary/aromatic N) is 7. The number of hydrogen-bond acceptors (Lipinski definition) is 7. The Morgan fingerprint density at radius 3 is 2.44 bits per heavy atom. The first-order valence-electron chi connectivity index (χ1n) is 13.8. The molecule has 1 aliphatic rings. The van der Waals surface area contributed by atoms with Gasteiger partial charge in [0.2, 0.25) is 5.91 Å². The van der Waals surface area contributed by atoms with E-state index in [1.165, 1.54) is 11.8 Å². The van der Waals surface area contributed by atoms with Crippen LogP contribution >= 0.6 is 11.8 Å². The lowest BCUT2D eigenvalue weighted by molar-refractivity contribution is -0.131. The van der Waals surface area contributed by atoms with Gasteiger partial charge in [0, 0.05) is 38.9 Å². The van der Waals surface area contributed by atoms with E-state index in [4.69, 9.17) is 5.10 Å². The minimum Gasteiger partial charge on any atom is -0.352 e. The number of hydrogen-bond donors (Lipinski definition) is 1. The summed E-state index contributed by atoms with van der Waals surface area (Å²) in [7, 11) is 3.85. The van der Waals surface area contributed by atoms with Crippen LogP contribution in [0.25, 0.3) is 16.6 Å². The Hall–Kier alpha value is -4.12. The molecule has 0 bridgehead atoms. The number of carbonyl (C=O) groups is 1. The highest BCUT2D eigenvalue weighted by Crippen LogP contribution is 2.38. The highest BCUT2D eigenvalue weighted by atomic mass is 32.2. The number of fused-ring (bicyclic) bond motifs is 1. The van der Waals surface area contributed by atoms with E-state index in [9.17, 15) is 15.3 Å². The van der Waals surface area contributed by atoms with Gasteiger partial charge in [-0.15, -0.1) is 0 Å². The molecule has 1 amide bonds. The molecule has 0 radical (unpaired) electrons. The van der Waals surface area contributed by atoms with Crippen molar-refractivity contribution in [2.24, 2.45) is 0 Å². The van der Waals surface area contributed by atoms with Crippen LogP contribution in [-0.2, 0) is 4.79 Å². The smallest absolute Gasteiger partial charge is 0.240 e. The zero-order valence-electron chi connectivity index (χ0n) is 24.0. The predicted octanol–water partition coefficient (Wildman–Crippen LogP) is 5.34. The van der Waals surface area contributed by atoms with Crippen LogP contribution in [0.3, 0.4) is 0 Å². The number of aromatic nitrogens is 4. The highest BCUT2D eigenvalue weighted by molar-refractivity contribution is 7.99. The first-order chi connectivity index (χ1) is 19.6. The molecule has 4 aromatic rings. The number of likely N-dealkylation sites (N-methyl/N-ethyl adjacent to an activating group) is 1. The summed E-state index contributed by atoms with van der Waals surface area (Å²) < 4.78 is 3.86. The maximum Gasteiger partial charge on any atom is 0.240 e. The molecular formula is C31H34N8OS. The summed E-state index contributed by atoms with van der Waals surface area (Å²) in [5.41, 5.74) is 4.24. The van der Waals surface area contributed by atoms with E-state index in [1.807, 2.05) is 63.4 Å². The topological polar surface area (TPSA) is 115 Å². The van der Waals surface area contributed by atoms with Gasteiger partial charge in [0.05, 0.1) is 40.6 Å². The quantitative estimate of drug-likeness (QED) is 0.321. The third kappa shape index (κ3) is 5.46. The van der Waals surface area contributed by atoms with Crippen molar-refractivity contribution in [3.8, 4) is 23.3 Å². The van der Waals surface area contributed by atoms with Gasteiger partial charge in [-0.05, 0) is 78.7 Å². The Kier molecular flexibility index (Phi) is 7.90. The summed E-state index contributed by atoms with van der Waals surface area (Å²) in [4.78, 5) is 16.4. The van der Waals surface area contributed by atoms with Gasteiger partial charge >= 0.3 is 0 Å². The molecule has 1 fully saturated rings. The maximum atomic E-state index is 12.8. The number of amides is 1. The second-order valence-corrected chi connectivity index (χ2v) is 12.4. The van der Waals surface area contributed by atoms with Crippen LogP contribution in [0.4, 0.5) is 0 Å². The second kappa shape index (κ2) is 11.4. The summed E-state index contributed by atoms with van der Waals surface area (Å²) >= 11 is 1.46. The number of carbonyl (C=O) groups excluding carboxylic acids is 1. The van der Waals surface area contributed by atoms with E-state index >= 15 is 0 Å². The summed E-state index contributed by atoms with van der Waals surface area (Å²) in [5, 5.41) is 31.8. The second-order valence-electron chi connectivity index (χ2n) is 11.3. The van der Waals surface area contributed by atoms with Crippen LogP contribution in [0, 0.1) is 29.6 Å². The monoisotopic (exact) mass is 566 g/mol. The van der Waals surface area contributed by atoms with Gasteiger partial charge in [-0.3, -0.25) is 14.4 Å². The third-order valence-corrected chi connectivity index (χ3v) is 9.44. The number of nitrogens with one attached hydrogen (secondary N) is 1. The van der Waals surface area contributed by atoms with Gasteiger partial charge < -0.3 is 5.32 Å². The van der Waals surface area contributed by atoms with E-state index in [0.717, 1.165) is 57.8 Å². The number of nitriles is 2. The van der Waals surface area contributed by atoms with Crippen molar-refractivity contribution >= 4 is 23.2 Å². The molecule has 41 heavy (non-hydrogen) atoms. The van der Waals surface area contributed by atoms with Crippen LogP contribution in [0.15, 0.2) is 58.7 Å². The highest BCUT2D eigenvalue weighted by Gasteiger charge is 2.33. The lowest BCUT2D eigenvalue weighted by Crippen LogP contribution is -2.54.